The molecule has 1 N–H and O–H groups in total. The van der Waals surface area contributed by atoms with E-state index >= 15 is 0 Å². The molecule has 0 aliphatic rings. The van der Waals surface area contributed by atoms with E-state index in [1.807, 2.05) is 13.8 Å². The van der Waals surface area contributed by atoms with Crippen molar-refractivity contribution in [1.29, 1.82) is 0 Å². The first-order chi connectivity index (χ1) is 16.9. The maximum absolute atomic E-state index is 14.5. The van der Waals surface area contributed by atoms with Crippen LogP contribution in [0.25, 0.3) is 0 Å². The fourth-order valence-corrected chi connectivity index (χ4v) is 4.62. The lowest BCUT2D eigenvalue weighted by molar-refractivity contribution is -0.119. The molecule has 184 valence electrons. The number of anilines is 1. The molecule has 0 saturated heterocycles. The molecular formula is C25H26FN3O5S. The van der Waals surface area contributed by atoms with Crippen LogP contribution < -0.4 is 19.2 Å². The minimum absolute atomic E-state index is 0.0719. The van der Waals surface area contributed by atoms with Crippen molar-refractivity contribution in [3.8, 4) is 11.5 Å². The standard InChI is InChI=1S/C25H26FN3O5S/c1-3-33-23-15-14-19(16-24(23)34-4-2)17-27-28-25(30)18-29(22-13-9-8-12-21(22)26)35(31,32)20-10-6-5-7-11-20/h5-17H,3-4,18H2,1-2H3,(H,28,30)/b27-17-. The smallest absolute Gasteiger partial charge is 0.264 e. The van der Waals surface area contributed by atoms with E-state index in [9.17, 15) is 17.6 Å². The third-order valence-electron chi connectivity index (χ3n) is 4.71. The molecule has 3 rings (SSSR count). The second kappa shape index (κ2) is 12.0. The van der Waals surface area contributed by atoms with Gasteiger partial charge in [0, 0.05) is 0 Å². The SMILES string of the molecule is CCOc1ccc(/C=N\NC(=O)CN(c2ccccc2F)S(=O)(=O)c2ccccc2)cc1OCC. The first-order valence-electron chi connectivity index (χ1n) is 10.9. The Bertz CT molecular complexity index is 1280. The second-order valence-electron chi connectivity index (χ2n) is 7.14. The molecule has 0 atom stereocenters. The minimum atomic E-state index is -4.22. The monoisotopic (exact) mass is 499 g/mol. The van der Waals surface area contributed by atoms with Crippen molar-refractivity contribution >= 4 is 27.8 Å². The van der Waals surface area contributed by atoms with E-state index in [2.05, 4.69) is 10.5 Å². The van der Waals surface area contributed by atoms with Crippen molar-refractivity contribution in [2.45, 2.75) is 18.7 Å². The molecular weight excluding hydrogens is 473 g/mol. The van der Waals surface area contributed by atoms with Crippen molar-refractivity contribution in [1.82, 2.24) is 5.43 Å². The molecule has 0 bridgehead atoms. The zero-order valence-electron chi connectivity index (χ0n) is 19.3. The molecule has 0 fully saturated rings. The van der Waals surface area contributed by atoms with Gasteiger partial charge in [-0.25, -0.2) is 18.2 Å². The van der Waals surface area contributed by atoms with Gasteiger partial charge < -0.3 is 9.47 Å². The molecule has 8 nitrogen and oxygen atoms in total. The van der Waals surface area contributed by atoms with Gasteiger partial charge >= 0.3 is 0 Å². The van der Waals surface area contributed by atoms with Crippen molar-refractivity contribution in [3.05, 3.63) is 84.2 Å². The van der Waals surface area contributed by atoms with E-state index < -0.39 is 28.3 Å². The van der Waals surface area contributed by atoms with E-state index in [1.54, 1.807) is 36.4 Å². The van der Waals surface area contributed by atoms with Gasteiger partial charge in [0.15, 0.2) is 11.5 Å². The summed E-state index contributed by atoms with van der Waals surface area (Å²) in [6.07, 6.45) is 1.38. The molecule has 1 amide bonds. The topological polar surface area (TPSA) is 97.3 Å². The summed E-state index contributed by atoms with van der Waals surface area (Å²) in [5, 5.41) is 3.91. The molecule has 0 unspecified atom stereocenters. The first kappa shape index (κ1) is 25.7. The number of sulfonamides is 1. The number of hydrogen-bond donors (Lipinski definition) is 1. The number of nitrogens with one attached hydrogen (secondary N) is 1. The number of carbonyl (C=O) groups is 1. The Morgan fingerprint density at radius 3 is 2.31 bits per heavy atom. The number of para-hydroxylation sites is 1. The van der Waals surface area contributed by atoms with Crippen LogP contribution in [-0.4, -0.2) is 40.3 Å². The highest BCUT2D eigenvalue weighted by Crippen LogP contribution is 2.28. The number of halogens is 1. The quantitative estimate of drug-likeness (QED) is 0.318. The Kier molecular flexibility index (Phi) is 8.80. The van der Waals surface area contributed by atoms with Gasteiger partial charge in [-0.15, -0.1) is 0 Å². The Morgan fingerprint density at radius 2 is 1.63 bits per heavy atom. The van der Waals surface area contributed by atoms with Crippen molar-refractivity contribution in [2.75, 3.05) is 24.1 Å². The summed E-state index contributed by atoms with van der Waals surface area (Å²) in [5.74, 6) is -0.410. The zero-order valence-corrected chi connectivity index (χ0v) is 20.2. The Labute approximate surface area is 204 Å². The first-order valence-corrected chi connectivity index (χ1v) is 12.3. The van der Waals surface area contributed by atoms with Gasteiger partial charge in [-0.05, 0) is 61.9 Å². The predicted molar refractivity (Wildman–Crippen MR) is 132 cm³/mol. The number of ether oxygens (including phenoxy) is 2. The number of hydrogen-bond acceptors (Lipinski definition) is 6. The molecule has 0 heterocycles. The Hall–Kier alpha value is -3.92. The molecule has 10 heteroatoms. The van der Waals surface area contributed by atoms with Crippen LogP contribution in [0, 0.1) is 5.82 Å². The van der Waals surface area contributed by atoms with Gasteiger partial charge in [-0.2, -0.15) is 5.10 Å². The van der Waals surface area contributed by atoms with Gasteiger partial charge in [0.25, 0.3) is 15.9 Å². The fraction of sp³-hybridized carbons (Fsp3) is 0.200. The zero-order chi connectivity index (χ0) is 25.3. The summed E-state index contributed by atoms with van der Waals surface area (Å²) < 4.78 is 52.7. The van der Waals surface area contributed by atoms with E-state index in [-0.39, 0.29) is 10.6 Å². The van der Waals surface area contributed by atoms with Crippen molar-refractivity contribution < 1.29 is 27.1 Å². The third kappa shape index (κ3) is 6.57. The summed E-state index contributed by atoms with van der Waals surface area (Å²) in [6.45, 7) is 3.96. The fourth-order valence-electron chi connectivity index (χ4n) is 3.17. The summed E-state index contributed by atoms with van der Waals surface area (Å²) in [7, 11) is -4.22. The molecule has 0 spiro atoms. The van der Waals surface area contributed by atoms with Crippen LogP contribution in [0.2, 0.25) is 0 Å². The normalized spacial score (nSPS) is 11.3. The third-order valence-corrected chi connectivity index (χ3v) is 6.48. The number of hydrazone groups is 1. The summed E-state index contributed by atoms with van der Waals surface area (Å²) in [4.78, 5) is 12.5. The molecule has 3 aromatic rings. The molecule has 0 aliphatic carbocycles. The van der Waals surface area contributed by atoms with Crippen LogP contribution in [0.4, 0.5) is 10.1 Å². The average molecular weight is 500 g/mol. The summed E-state index contributed by atoms with van der Waals surface area (Å²) >= 11 is 0. The average Bonchev–Trinajstić information content (AvgIpc) is 2.85. The van der Waals surface area contributed by atoms with Crippen molar-refractivity contribution in [2.24, 2.45) is 5.10 Å². The van der Waals surface area contributed by atoms with Crippen LogP contribution in [0.3, 0.4) is 0 Å². The Balaban J connectivity index is 1.79. The molecule has 35 heavy (non-hydrogen) atoms. The lowest BCUT2D eigenvalue weighted by Crippen LogP contribution is -2.40. The van der Waals surface area contributed by atoms with E-state index in [0.29, 0.717) is 34.6 Å². The van der Waals surface area contributed by atoms with Crippen LogP contribution >= 0.6 is 0 Å². The number of nitrogens with zero attached hydrogens (tertiary/aromatic N) is 2. The van der Waals surface area contributed by atoms with Gasteiger partial charge in [-0.3, -0.25) is 9.10 Å². The molecule has 0 aromatic heterocycles. The maximum Gasteiger partial charge on any atom is 0.264 e. The summed E-state index contributed by atoms with van der Waals surface area (Å²) in [6, 6.07) is 18.0. The highest BCUT2D eigenvalue weighted by molar-refractivity contribution is 7.92. The number of benzene rings is 3. The molecule has 0 saturated carbocycles. The van der Waals surface area contributed by atoms with Gasteiger partial charge in [0.2, 0.25) is 0 Å². The number of amides is 1. The molecule has 0 aliphatic heterocycles. The van der Waals surface area contributed by atoms with Crippen molar-refractivity contribution in [3.63, 3.8) is 0 Å². The van der Waals surface area contributed by atoms with Crippen LogP contribution in [0.15, 0.2) is 82.8 Å². The van der Waals surface area contributed by atoms with Crippen LogP contribution in [-0.2, 0) is 14.8 Å². The van der Waals surface area contributed by atoms with E-state index in [0.717, 1.165) is 6.07 Å². The Morgan fingerprint density at radius 1 is 0.971 bits per heavy atom. The van der Waals surface area contributed by atoms with E-state index in [4.69, 9.17) is 9.47 Å². The lowest BCUT2D eigenvalue weighted by Gasteiger charge is -2.24. The maximum atomic E-state index is 14.5. The van der Waals surface area contributed by atoms with Gasteiger partial charge in [0.05, 0.1) is 30.0 Å². The van der Waals surface area contributed by atoms with Crippen LogP contribution in [0.5, 0.6) is 11.5 Å². The van der Waals surface area contributed by atoms with E-state index in [1.165, 1.54) is 36.5 Å². The second-order valence-corrected chi connectivity index (χ2v) is 9.00. The predicted octanol–water partition coefficient (Wildman–Crippen LogP) is 3.97. The lowest BCUT2D eigenvalue weighted by atomic mass is 10.2. The van der Waals surface area contributed by atoms with Gasteiger partial charge in [0.1, 0.15) is 12.4 Å². The van der Waals surface area contributed by atoms with Gasteiger partial charge in [-0.1, -0.05) is 30.3 Å². The van der Waals surface area contributed by atoms with Crippen LogP contribution in [0.1, 0.15) is 19.4 Å². The molecule has 0 radical (unpaired) electrons. The highest BCUT2D eigenvalue weighted by atomic mass is 32.2. The highest BCUT2D eigenvalue weighted by Gasteiger charge is 2.28. The minimum Gasteiger partial charge on any atom is -0.490 e. The molecule has 3 aromatic carbocycles. The number of carbonyl (C=O) groups excluding carboxylic acids is 1. The summed E-state index contributed by atoms with van der Waals surface area (Å²) in [5.41, 5.74) is 2.67. The largest absolute Gasteiger partial charge is 0.490 e. The number of rotatable bonds is 11.